The number of furan rings is 1. The summed E-state index contributed by atoms with van der Waals surface area (Å²) in [6.07, 6.45) is 4.74. The Balaban J connectivity index is 1.55. The van der Waals surface area contributed by atoms with Gasteiger partial charge >= 0.3 is 5.97 Å². The van der Waals surface area contributed by atoms with E-state index < -0.39 is 16.0 Å². The van der Waals surface area contributed by atoms with Crippen LogP contribution in [-0.2, 0) is 37.4 Å². The highest BCUT2D eigenvalue weighted by Crippen LogP contribution is 2.33. The van der Waals surface area contributed by atoms with Gasteiger partial charge in [-0.2, -0.15) is 0 Å². The van der Waals surface area contributed by atoms with Gasteiger partial charge in [0.1, 0.15) is 11.5 Å². The predicted octanol–water partition coefficient (Wildman–Crippen LogP) is 3.79. The molecule has 1 amide bonds. The fourth-order valence-corrected chi connectivity index (χ4v) is 4.92. The predicted molar refractivity (Wildman–Crippen MR) is 134 cm³/mol. The van der Waals surface area contributed by atoms with Crippen molar-refractivity contribution in [3.8, 4) is 0 Å². The number of hydrogen-bond donors (Lipinski definition) is 1. The molecule has 0 fully saturated rings. The second-order valence-corrected chi connectivity index (χ2v) is 10.5. The molecular weight excluding hydrogens is 550 g/mol. The number of pyridine rings is 1. The van der Waals surface area contributed by atoms with Crippen molar-refractivity contribution in [1.29, 1.82) is 0 Å². The van der Waals surface area contributed by atoms with Crippen LogP contribution in [0.2, 0.25) is 0 Å². The van der Waals surface area contributed by atoms with Crippen LogP contribution in [0.1, 0.15) is 24.0 Å². The van der Waals surface area contributed by atoms with Crippen molar-refractivity contribution in [1.82, 2.24) is 14.6 Å². The minimum absolute atomic E-state index is 0.0959. The number of sulfonamides is 1. The Hall–Kier alpha value is -3.54. The van der Waals surface area contributed by atoms with Crippen LogP contribution in [0.15, 0.2) is 91.6 Å². The third-order valence-electron chi connectivity index (χ3n) is 5.49. The fraction of sp³-hybridized carbons (Fsp3) is 0.160. The van der Waals surface area contributed by atoms with E-state index in [0.29, 0.717) is 11.5 Å². The fourth-order valence-electron chi connectivity index (χ4n) is 3.67. The number of carbonyl (C=O) groups is 2. The van der Waals surface area contributed by atoms with E-state index >= 15 is 0 Å². The number of allylic oxidation sites excluding steroid dienone is 1. The number of rotatable bonds is 8. The summed E-state index contributed by atoms with van der Waals surface area (Å²) in [4.78, 5) is 31.4. The highest BCUT2D eigenvalue weighted by atomic mass is 79.9. The van der Waals surface area contributed by atoms with Crippen molar-refractivity contribution >= 4 is 43.9 Å². The van der Waals surface area contributed by atoms with Crippen LogP contribution in [0, 0.1) is 0 Å². The minimum atomic E-state index is -3.75. The quantitative estimate of drug-likeness (QED) is 0.322. The smallest absolute Gasteiger partial charge is 0.340 e. The zero-order valence-corrected chi connectivity index (χ0v) is 21.8. The van der Waals surface area contributed by atoms with Gasteiger partial charge in [-0.3, -0.25) is 9.78 Å². The molecule has 4 rings (SSSR count). The van der Waals surface area contributed by atoms with Crippen molar-refractivity contribution in [2.75, 3.05) is 7.11 Å². The van der Waals surface area contributed by atoms with E-state index in [2.05, 4.69) is 25.6 Å². The summed E-state index contributed by atoms with van der Waals surface area (Å²) in [5.41, 5.74) is 1.52. The SMILES string of the molecule is COC(=O)C1=C(C)N(Cc2cccnc2)C(=O)/C1=C/c1ccc(CNS(=O)(=O)c2ccc(Br)cc2)o1. The zero-order valence-electron chi connectivity index (χ0n) is 19.4. The first kappa shape index (κ1) is 25.5. The maximum absolute atomic E-state index is 13.3. The monoisotopic (exact) mass is 571 g/mol. The second-order valence-electron chi connectivity index (χ2n) is 7.85. The molecule has 0 radical (unpaired) electrons. The summed E-state index contributed by atoms with van der Waals surface area (Å²) >= 11 is 3.27. The number of amides is 1. The second kappa shape index (κ2) is 10.6. The molecule has 0 unspecified atom stereocenters. The Morgan fingerprint density at radius 2 is 1.94 bits per heavy atom. The molecule has 186 valence electrons. The van der Waals surface area contributed by atoms with Crippen LogP contribution >= 0.6 is 15.9 Å². The first-order chi connectivity index (χ1) is 17.2. The third kappa shape index (κ3) is 5.48. The average Bonchev–Trinajstić information content (AvgIpc) is 3.41. The standard InChI is InChI=1S/C25H22BrN3O6S/c1-16-23(25(31)34-2)22(24(30)29(16)15-17-4-3-11-27-13-17)12-19-7-8-20(35-19)14-28-36(32,33)21-9-5-18(26)6-10-21/h3-13,28H,14-15H2,1-2H3/b22-12+. The van der Waals surface area contributed by atoms with Gasteiger partial charge in [0, 0.05) is 22.6 Å². The van der Waals surface area contributed by atoms with Crippen LogP contribution in [-0.4, -0.2) is 37.3 Å². The number of methoxy groups -OCH3 is 1. The molecule has 1 aromatic carbocycles. The molecular formula is C25H22BrN3O6S. The number of esters is 1. The largest absolute Gasteiger partial charge is 0.465 e. The lowest BCUT2D eigenvalue weighted by Gasteiger charge is -2.17. The van der Waals surface area contributed by atoms with Gasteiger partial charge in [-0.05, 0) is 61.0 Å². The Labute approximate surface area is 216 Å². The van der Waals surface area contributed by atoms with Crippen molar-refractivity contribution in [3.05, 3.63) is 99.3 Å². The highest BCUT2D eigenvalue weighted by Gasteiger charge is 2.37. The van der Waals surface area contributed by atoms with Gasteiger partial charge in [-0.25, -0.2) is 17.9 Å². The molecule has 3 aromatic rings. The lowest BCUT2D eigenvalue weighted by molar-refractivity contribution is -0.136. The van der Waals surface area contributed by atoms with Gasteiger partial charge in [0.05, 0.1) is 36.2 Å². The molecule has 0 aliphatic carbocycles. The van der Waals surface area contributed by atoms with E-state index in [1.54, 1.807) is 49.6 Å². The third-order valence-corrected chi connectivity index (χ3v) is 7.44. The lowest BCUT2D eigenvalue weighted by Crippen LogP contribution is -2.24. The molecule has 11 heteroatoms. The summed E-state index contributed by atoms with van der Waals surface area (Å²) in [6.45, 7) is 1.81. The molecule has 3 heterocycles. The van der Waals surface area contributed by atoms with Gasteiger partial charge in [0.15, 0.2) is 0 Å². The normalized spacial score (nSPS) is 15.1. The number of nitrogens with zero attached hydrogens (tertiary/aromatic N) is 2. The van der Waals surface area contributed by atoms with E-state index in [9.17, 15) is 18.0 Å². The van der Waals surface area contributed by atoms with E-state index in [-0.39, 0.29) is 40.8 Å². The summed E-state index contributed by atoms with van der Waals surface area (Å²) in [6, 6.07) is 13.0. The molecule has 1 aliphatic rings. The van der Waals surface area contributed by atoms with Crippen LogP contribution in [0.25, 0.3) is 6.08 Å². The Morgan fingerprint density at radius 1 is 1.19 bits per heavy atom. The average molecular weight is 572 g/mol. The van der Waals surface area contributed by atoms with E-state index in [4.69, 9.17) is 9.15 Å². The van der Waals surface area contributed by atoms with Crippen molar-refractivity contribution < 1.29 is 27.2 Å². The minimum Gasteiger partial charge on any atom is -0.465 e. The molecule has 0 saturated carbocycles. The van der Waals surface area contributed by atoms with Crippen molar-refractivity contribution in [3.63, 3.8) is 0 Å². The summed E-state index contributed by atoms with van der Waals surface area (Å²) < 4.78 is 38.9. The first-order valence-electron chi connectivity index (χ1n) is 10.8. The van der Waals surface area contributed by atoms with E-state index in [1.165, 1.54) is 30.2 Å². The molecule has 9 nitrogen and oxygen atoms in total. The summed E-state index contributed by atoms with van der Waals surface area (Å²) in [5, 5.41) is 0. The van der Waals surface area contributed by atoms with Crippen molar-refractivity contribution in [2.24, 2.45) is 0 Å². The van der Waals surface area contributed by atoms with Crippen LogP contribution in [0.5, 0.6) is 0 Å². The van der Waals surface area contributed by atoms with Gasteiger partial charge in [0.25, 0.3) is 5.91 Å². The molecule has 0 atom stereocenters. The maximum Gasteiger partial charge on any atom is 0.340 e. The highest BCUT2D eigenvalue weighted by molar-refractivity contribution is 9.10. The zero-order chi connectivity index (χ0) is 25.9. The van der Waals surface area contributed by atoms with Gasteiger partial charge in [0.2, 0.25) is 10.0 Å². The first-order valence-corrected chi connectivity index (χ1v) is 13.0. The van der Waals surface area contributed by atoms with E-state index in [1.807, 2.05) is 6.07 Å². The number of benzene rings is 1. The van der Waals surface area contributed by atoms with Crippen LogP contribution in [0.4, 0.5) is 0 Å². The molecule has 36 heavy (non-hydrogen) atoms. The number of ether oxygens (including phenoxy) is 1. The van der Waals surface area contributed by atoms with Crippen LogP contribution < -0.4 is 4.72 Å². The number of carbonyl (C=O) groups excluding carboxylic acids is 2. The number of halogens is 1. The Morgan fingerprint density at radius 3 is 2.61 bits per heavy atom. The summed E-state index contributed by atoms with van der Waals surface area (Å²) in [5.74, 6) is -0.408. The van der Waals surface area contributed by atoms with Gasteiger partial charge in [-0.15, -0.1) is 0 Å². The van der Waals surface area contributed by atoms with Crippen molar-refractivity contribution in [2.45, 2.75) is 24.9 Å². The van der Waals surface area contributed by atoms with Crippen LogP contribution in [0.3, 0.4) is 0 Å². The van der Waals surface area contributed by atoms with Gasteiger partial charge in [-0.1, -0.05) is 22.0 Å². The maximum atomic E-state index is 13.3. The van der Waals surface area contributed by atoms with E-state index in [0.717, 1.165) is 10.0 Å². The molecule has 0 saturated heterocycles. The summed E-state index contributed by atoms with van der Waals surface area (Å²) in [7, 11) is -2.50. The Bertz CT molecular complexity index is 1460. The number of aromatic nitrogens is 1. The lowest BCUT2D eigenvalue weighted by atomic mass is 10.1. The molecule has 0 spiro atoms. The number of nitrogens with one attached hydrogen (secondary N) is 1. The van der Waals surface area contributed by atoms with Gasteiger partial charge < -0.3 is 14.1 Å². The molecule has 2 aromatic heterocycles. The number of hydrogen-bond acceptors (Lipinski definition) is 7. The molecule has 1 N–H and O–H groups in total. The molecule has 0 bridgehead atoms. The Kier molecular flexibility index (Phi) is 7.53. The molecule has 1 aliphatic heterocycles. The topological polar surface area (TPSA) is 119 Å².